The van der Waals surface area contributed by atoms with Crippen LogP contribution in [0.25, 0.3) is 0 Å². The zero-order valence-corrected chi connectivity index (χ0v) is 7.76. The molecule has 12 heavy (non-hydrogen) atoms. The van der Waals surface area contributed by atoms with Crippen molar-refractivity contribution in [2.45, 2.75) is 39.2 Å². The third kappa shape index (κ3) is 2.64. The van der Waals surface area contributed by atoms with Crippen molar-refractivity contribution in [1.82, 2.24) is 5.32 Å². The summed E-state index contributed by atoms with van der Waals surface area (Å²) >= 11 is 0. The SMILES string of the molecule is CCCC1CNC(=O)CC(C)=N1. The van der Waals surface area contributed by atoms with Gasteiger partial charge in [-0.25, -0.2) is 0 Å². The molecule has 1 rings (SSSR count). The molecular formula is C9H16N2O. The molecule has 0 bridgehead atoms. The van der Waals surface area contributed by atoms with Crippen molar-refractivity contribution in [1.29, 1.82) is 0 Å². The van der Waals surface area contributed by atoms with Crippen LogP contribution in [0.4, 0.5) is 0 Å². The van der Waals surface area contributed by atoms with Gasteiger partial charge in [0.15, 0.2) is 0 Å². The Labute approximate surface area is 73.3 Å². The Morgan fingerprint density at radius 1 is 1.67 bits per heavy atom. The fraction of sp³-hybridized carbons (Fsp3) is 0.778. The van der Waals surface area contributed by atoms with Gasteiger partial charge < -0.3 is 5.32 Å². The molecule has 1 aliphatic rings. The van der Waals surface area contributed by atoms with Crippen LogP contribution in [-0.4, -0.2) is 24.2 Å². The molecule has 1 unspecified atom stereocenters. The number of nitrogens with zero attached hydrogens (tertiary/aromatic N) is 1. The Balaban J connectivity index is 2.55. The van der Waals surface area contributed by atoms with Gasteiger partial charge in [-0.1, -0.05) is 13.3 Å². The maximum atomic E-state index is 11.1. The van der Waals surface area contributed by atoms with E-state index in [4.69, 9.17) is 0 Å². The van der Waals surface area contributed by atoms with Crippen molar-refractivity contribution in [3.8, 4) is 0 Å². The number of carbonyl (C=O) groups is 1. The second-order valence-corrected chi connectivity index (χ2v) is 3.29. The van der Waals surface area contributed by atoms with Gasteiger partial charge in [0.2, 0.25) is 5.91 Å². The van der Waals surface area contributed by atoms with Gasteiger partial charge in [0.1, 0.15) is 0 Å². The van der Waals surface area contributed by atoms with Crippen LogP contribution in [0.15, 0.2) is 4.99 Å². The highest BCUT2D eigenvalue weighted by atomic mass is 16.1. The molecule has 68 valence electrons. The summed E-state index contributed by atoms with van der Waals surface area (Å²) in [7, 11) is 0. The first kappa shape index (κ1) is 9.23. The average Bonchev–Trinajstić information content (AvgIpc) is 2.13. The molecule has 1 N–H and O–H groups in total. The van der Waals surface area contributed by atoms with Crippen molar-refractivity contribution in [2.24, 2.45) is 4.99 Å². The molecule has 0 saturated carbocycles. The molecule has 0 spiro atoms. The van der Waals surface area contributed by atoms with Gasteiger partial charge in [0.25, 0.3) is 0 Å². The Morgan fingerprint density at radius 2 is 2.42 bits per heavy atom. The van der Waals surface area contributed by atoms with Gasteiger partial charge in [-0.2, -0.15) is 0 Å². The van der Waals surface area contributed by atoms with E-state index in [1.165, 1.54) is 0 Å². The molecule has 3 heteroatoms. The van der Waals surface area contributed by atoms with Crippen LogP contribution in [0.3, 0.4) is 0 Å². The van der Waals surface area contributed by atoms with Crippen LogP contribution in [0.1, 0.15) is 33.1 Å². The standard InChI is InChI=1S/C9H16N2O/c1-3-4-8-6-10-9(12)5-7(2)11-8/h8H,3-6H2,1-2H3,(H,10,12). The van der Waals surface area contributed by atoms with E-state index in [0.717, 1.165) is 18.6 Å². The normalized spacial score (nSPS) is 24.3. The van der Waals surface area contributed by atoms with Crippen molar-refractivity contribution in [2.75, 3.05) is 6.54 Å². The molecule has 0 aromatic carbocycles. The summed E-state index contributed by atoms with van der Waals surface area (Å²) in [6.07, 6.45) is 2.66. The van der Waals surface area contributed by atoms with E-state index in [9.17, 15) is 4.79 Å². The molecule has 1 amide bonds. The maximum absolute atomic E-state index is 11.1. The predicted octanol–water partition coefficient (Wildman–Crippen LogP) is 1.14. The summed E-state index contributed by atoms with van der Waals surface area (Å²) in [5.74, 6) is 0.106. The first-order valence-electron chi connectivity index (χ1n) is 4.52. The van der Waals surface area contributed by atoms with Gasteiger partial charge >= 0.3 is 0 Å². The molecule has 1 aliphatic heterocycles. The average molecular weight is 168 g/mol. The minimum Gasteiger partial charge on any atom is -0.354 e. The van der Waals surface area contributed by atoms with E-state index >= 15 is 0 Å². The Hall–Kier alpha value is -0.860. The number of rotatable bonds is 2. The summed E-state index contributed by atoms with van der Waals surface area (Å²) in [6, 6.07) is 0.307. The quantitative estimate of drug-likeness (QED) is 0.660. The Morgan fingerprint density at radius 3 is 3.08 bits per heavy atom. The second-order valence-electron chi connectivity index (χ2n) is 3.29. The lowest BCUT2D eigenvalue weighted by molar-refractivity contribution is -0.119. The third-order valence-corrected chi connectivity index (χ3v) is 1.98. The zero-order valence-electron chi connectivity index (χ0n) is 7.76. The fourth-order valence-electron chi connectivity index (χ4n) is 1.43. The number of hydrogen-bond acceptors (Lipinski definition) is 2. The lowest BCUT2D eigenvalue weighted by Gasteiger charge is -2.08. The third-order valence-electron chi connectivity index (χ3n) is 1.98. The topological polar surface area (TPSA) is 41.5 Å². The summed E-state index contributed by atoms with van der Waals surface area (Å²) in [5.41, 5.74) is 0.962. The Bertz CT molecular complexity index is 199. The number of hydrogen-bond donors (Lipinski definition) is 1. The molecule has 1 heterocycles. The summed E-state index contributed by atoms with van der Waals surface area (Å²) in [5, 5.41) is 2.86. The predicted molar refractivity (Wildman–Crippen MR) is 49.4 cm³/mol. The smallest absolute Gasteiger partial charge is 0.225 e. The number of amides is 1. The van der Waals surface area contributed by atoms with E-state index < -0.39 is 0 Å². The summed E-state index contributed by atoms with van der Waals surface area (Å²) in [6.45, 7) is 4.77. The molecule has 0 aromatic rings. The van der Waals surface area contributed by atoms with E-state index in [1.54, 1.807) is 0 Å². The van der Waals surface area contributed by atoms with Gasteiger partial charge in [0.05, 0.1) is 12.5 Å². The van der Waals surface area contributed by atoms with Crippen LogP contribution < -0.4 is 5.32 Å². The number of carbonyl (C=O) groups excluding carboxylic acids is 1. The van der Waals surface area contributed by atoms with E-state index in [0.29, 0.717) is 19.0 Å². The summed E-state index contributed by atoms with van der Waals surface area (Å²) in [4.78, 5) is 15.5. The second kappa shape index (κ2) is 4.24. The lowest BCUT2D eigenvalue weighted by atomic mass is 10.2. The molecular weight excluding hydrogens is 152 g/mol. The number of aliphatic imine (C=N–C) groups is 1. The molecule has 0 fully saturated rings. The fourth-order valence-corrected chi connectivity index (χ4v) is 1.43. The molecule has 0 aliphatic carbocycles. The molecule has 0 aromatic heterocycles. The minimum atomic E-state index is 0.106. The Kier molecular flexibility index (Phi) is 3.26. The zero-order chi connectivity index (χ0) is 8.97. The minimum absolute atomic E-state index is 0.106. The van der Waals surface area contributed by atoms with Crippen molar-refractivity contribution in [3.63, 3.8) is 0 Å². The summed E-state index contributed by atoms with van der Waals surface area (Å²) < 4.78 is 0. The van der Waals surface area contributed by atoms with Gasteiger partial charge in [-0.05, 0) is 13.3 Å². The van der Waals surface area contributed by atoms with Crippen LogP contribution >= 0.6 is 0 Å². The molecule has 0 radical (unpaired) electrons. The van der Waals surface area contributed by atoms with E-state index in [1.807, 2.05) is 6.92 Å². The van der Waals surface area contributed by atoms with E-state index in [2.05, 4.69) is 17.2 Å². The monoisotopic (exact) mass is 168 g/mol. The first-order valence-corrected chi connectivity index (χ1v) is 4.52. The van der Waals surface area contributed by atoms with Crippen molar-refractivity contribution in [3.05, 3.63) is 0 Å². The highest BCUT2D eigenvalue weighted by molar-refractivity contribution is 6.00. The largest absolute Gasteiger partial charge is 0.354 e. The van der Waals surface area contributed by atoms with Crippen LogP contribution in [0.2, 0.25) is 0 Å². The van der Waals surface area contributed by atoms with Crippen LogP contribution in [0.5, 0.6) is 0 Å². The van der Waals surface area contributed by atoms with Crippen molar-refractivity contribution < 1.29 is 4.79 Å². The van der Waals surface area contributed by atoms with Gasteiger partial charge in [-0.3, -0.25) is 9.79 Å². The van der Waals surface area contributed by atoms with Gasteiger partial charge in [-0.15, -0.1) is 0 Å². The highest BCUT2D eigenvalue weighted by Gasteiger charge is 2.13. The van der Waals surface area contributed by atoms with Crippen LogP contribution in [-0.2, 0) is 4.79 Å². The van der Waals surface area contributed by atoms with E-state index in [-0.39, 0.29) is 5.91 Å². The van der Waals surface area contributed by atoms with Crippen LogP contribution in [0, 0.1) is 0 Å². The molecule has 3 nitrogen and oxygen atoms in total. The molecule has 0 saturated heterocycles. The first-order chi connectivity index (χ1) is 5.72. The highest BCUT2D eigenvalue weighted by Crippen LogP contribution is 2.05. The van der Waals surface area contributed by atoms with Gasteiger partial charge in [0, 0.05) is 12.3 Å². The van der Waals surface area contributed by atoms with Crippen molar-refractivity contribution >= 4 is 11.6 Å². The number of nitrogens with one attached hydrogen (secondary N) is 1. The lowest BCUT2D eigenvalue weighted by Crippen LogP contribution is -2.28. The maximum Gasteiger partial charge on any atom is 0.225 e. The molecule has 1 atom stereocenters.